The van der Waals surface area contributed by atoms with E-state index in [2.05, 4.69) is 15.6 Å². The Morgan fingerprint density at radius 1 is 1.47 bits per heavy atom. The third-order valence-corrected chi connectivity index (χ3v) is 2.06. The van der Waals surface area contributed by atoms with E-state index >= 15 is 0 Å². The van der Waals surface area contributed by atoms with Crippen LogP contribution in [-0.4, -0.2) is 22.0 Å². The summed E-state index contributed by atoms with van der Waals surface area (Å²) in [5.74, 6) is 1.81. The fourth-order valence-electron chi connectivity index (χ4n) is 1.41. The fraction of sp³-hybridized carbons (Fsp3) is 0.400. The van der Waals surface area contributed by atoms with Crippen LogP contribution < -0.4 is 5.32 Å². The first kappa shape index (κ1) is 9.92. The first-order valence-electron chi connectivity index (χ1n) is 4.87. The van der Waals surface area contributed by atoms with Crippen molar-refractivity contribution in [2.24, 2.45) is 0 Å². The second kappa shape index (κ2) is 4.27. The predicted octanol–water partition coefficient (Wildman–Crippen LogP) is 0.947. The van der Waals surface area contributed by atoms with Gasteiger partial charge in [0.05, 0.1) is 11.9 Å². The Morgan fingerprint density at radius 2 is 2.33 bits per heavy atom. The van der Waals surface area contributed by atoms with Crippen molar-refractivity contribution in [1.82, 2.24) is 20.3 Å². The van der Waals surface area contributed by atoms with Crippen molar-refractivity contribution in [2.75, 3.05) is 7.05 Å². The van der Waals surface area contributed by atoms with Crippen molar-refractivity contribution in [2.45, 2.75) is 20.0 Å². The summed E-state index contributed by atoms with van der Waals surface area (Å²) in [6.45, 7) is 3.29. The summed E-state index contributed by atoms with van der Waals surface area (Å²) in [6.07, 6.45) is 1.91. The molecule has 0 amide bonds. The highest BCUT2D eigenvalue weighted by Crippen LogP contribution is 2.07. The summed E-state index contributed by atoms with van der Waals surface area (Å²) >= 11 is 0. The predicted molar refractivity (Wildman–Crippen MR) is 55.3 cm³/mol. The van der Waals surface area contributed by atoms with Crippen LogP contribution in [0, 0.1) is 6.92 Å². The van der Waals surface area contributed by atoms with Crippen LogP contribution in [0.2, 0.25) is 0 Å². The second-order valence-electron chi connectivity index (χ2n) is 3.45. The van der Waals surface area contributed by atoms with Gasteiger partial charge in [0.25, 0.3) is 0 Å². The maximum Gasteiger partial charge on any atom is 0.125 e. The lowest BCUT2D eigenvalue weighted by atomic mass is 10.4. The molecule has 2 heterocycles. The van der Waals surface area contributed by atoms with Gasteiger partial charge in [-0.25, -0.2) is 4.68 Å². The van der Waals surface area contributed by atoms with Gasteiger partial charge in [0.1, 0.15) is 18.1 Å². The van der Waals surface area contributed by atoms with Gasteiger partial charge in [-0.3, -0.25) is 0 Å². The van der Waals surface area contributed by atoms with Gasteiger partial charge in [0, 0.05) is 6.54 Å². The molecular weight excluding hydrogens is 192 g/mol. The first-order chi connectivity index (χ1) is 7.28. The summed E-state index contributed by atoms with van der Waals surface area (Å²) in [5.41, 5.74) is 0.931. The number of nitrogens with one attached hydrogen (secondary N) is 1. The molecule has 0 aliphatic heterocycles. The van der Waals surface area contributed by atoms with Crippen molar-refractivity contribution in [3.8, 4) is 0 Å². The van der Waals surface area contributed by atoms with Crippen molar-refractivity contribution in [1.29, 1.82) is 0 Å². The summed E-state index contributed by atoms with van der Waals surface area (Å²) < 4.78 is 7.22. The summed E-state index contributed by atoms with van der Waals surface area (Å²) in [5, 5.41) is 11.0. The number of hydrogen-bond donors (Lipinski definition) is 1. The summed E-state index contributed by atoms with van der Waals surface area (Å²) in [6, 6.07) is 3.90. The minimum absolute atomic E-state index is 0.630. The van der Waals surface area contributed by atoms with Crippen LogP contribution in [0.15, 0.2) is 22.7 Å². The standard InChI is InChI=1S/C10H14N4O/c1-8-3-4-10(15-8)7-14-6-9(5-11-2)12-13-14/h3-4,6,11H,5,7H2,1-2H3. The number of aromatic nitrogens is 3. The number of hydrogen-bond acceptors (Lipinski definition) is 4. The minimum Gasteiger partial charge on any atom is -0.464 e. The zero-order valence-corrected chi connectivity index (χ0v) is 8.90. The van der Waals surface area contributed by atoms with Gasteiger partial charge in [-0.1, -0.05) is 5.21 Å². The molecule has 2 aromatic heterocycles. The normalized spacial score (nSPS) is 10.8. The number of furan rings is 1. The van der Waals surface area contributed by atoms with Crippen LogP contribution in [-0.2, 0) is 13.1 Å². The summed E-state index contributed by atoms with van der Waals surface area (Å²) in [7, 11) is 1.88. The van der Waals surface area contributed by atoms with E-state index in [9.17, 15) is 0 Å². The molecule has 1 N–H and O–H groups in total. The van der Waals surface area contributed by atoms with Crippen LogP contribution in [0.5, 0.6) is 0 Å². The minimum atomic E-state index is 0.630. The van der Waals surface area contributed by atoms with E-state index in [0.717, 1.165) is 23.8 Å². The van der Waals surface area contributed by atoms with Gasteiger partial charge < -0.3 is 9.73 Å². The largest absolute Gasteiger partial charge is 0.464 e. The molecule has 0 radical (unpaired) electrons. The molecule has 0 fully saturated rings. The SMILES string of the molecule is CNCc1cn(Cc2ccc(C)o2)nn1. The number of rotatable bonds is 4. The molecule has 15 heavy (non-hydrogen) atoms. The lowest BCUT2D eigenvalue weighted by Gasteiger charge is -1.95. The molecule has 0 bridgehead atoms. The monoisotopic (exact) mass is 206 g/mol. The van der Waals surface area contributed by atoms with E-state index < -0.39 is 0 Å². The van der Waals surface area contributed by atoms with Crippen molar-refractivity contribution in [3.05, 3.63) is 35.5 Å². The third-order valence-electron chi connectivity index (χ3n) is 2.06. The van der Waals surface area contributed by atoms with Crippen LogP contribution in [0.25, 0.3) is 0 Å². The molecular formula is C10H14N4O. The molecule has 5 nitrogen and oxygen atoms in total. The average Bonchev–Trinajstić information content (AvgIpc) is 2.78. The Hall–Kier alpha value is -1.62. The highest BCUT2D eigenvalue weighted by molar-refractivity contribution is 5.06. The van der Waals surface area contributed by atoms with E-state index in [1.165, 1.54) is 0 Å². The Bertz CT molecular complexity index is 432. The zero-order chi connectivity index (χ0) is 10.7. The Labute approximate surface area is 88.1 Å². The number of nitrogens with zero attached hydrogens (tertiary/aromatic N) is 3. The molecule has 0 saturated carbocycles. The maximum absolute atomic E-state index is 5.45. The molecule has 80 valence electrons. The van der Waals surface area contributed by atoms with Gasteiger partial charge in [-0.05, 0) is 26.1 Å². The van der Waals surface area contributed by atoms with Crippen molar-refractivity contribution < 1.29 is 4.42 Å². The quantitative estimate of drug-likeness (QED) is 0.809. The van der Waals surface area contributed by atoms with Gasteiger partial charge in [-0.15, -0.1) is 5.10 Å². The summed E-state index contributed by atoms with van der Waals surface area (Å²) in [4.78, 5) is 0. The molecule has 0 aliphatic carbocycles. The van der Waals surface area contributed by atoms with Crippen molar-refractivity contribution >= 4 is 0 Å². The molecule has 0 aromatic carbocycles. The molecule has 2 rings (SSSR count). The Morgan fingerprint density at radius 3 is 3.00 bits per heavy atom. The lowest BCUT2D eigenvalue weighted by molar-refractivity contribution is 0.455. The van der Waals surface area contributed by atoms with E-state index in [0.29, 0.717) is 6.54 Å². The van der Waals surface area contributed by atoms with Crippen LogP contribution in [0.3, 0.4) is 0 Å². The van der Waals surface area contributed by atoms with Gasteiger partial charge in [0.15, 0.2) is 0 Å². The second-order valence-corrected chi connectivity index (χ2v) is 3.45. The highest BCUT2D eigenvalue weighted by Gasteiger charge is 2.03. The zero-order valence-electron chi connectivity index (χ0n) is 8.90. The maximum atomic E-state index is 5.45. The van der Waals surface area contributed by atoms with Crippen LogP contribution in [0.4, 0.5) is 0 Å². The molecule has 0 aliphatic rings. The van der Waals surface area contributed by atoms with Gasteiger partial charge >= 0.3 is 0 Å². The van der Waals surface area contributed by atoms with Crippen LogP contribution >= 0.6 is 0 Å². The lowest BCUT2D eigenvalue weighted by Crippen LogP contribution is -2.05. The smallest absolute Gasteiger partial charge is 0.125 e. The number of aryl methyl sites for hydroxylation is 1. The highest BCUT2D eigenvalue weighted by atomic mass is 16.3. The molecule has 0 unspecified atom stereocenters. The molecule has 2 aromatic rings. The van der Waals surface area contributed by atoms with Gasteiger partial charge in [-0.2, -0.15) is 0 Å². The molecule has 0 saturated heterocycles. The molecule has 0 atom stereocenters. The van der Waals surface area contributed by atoms with E-state index in [4.69, 9.17) is 4.42 Å². The first-order valence-corrected chi connectivity index (χ1v) is 4.87. The van der Waals surface area contributed by atoms with Gasteiger partial charge in [0.2, 0.25) is 0 Å². The fourth-order valence-corrected chi connectivity index (χ4v) is 1.41. The third kappa shape index (κ3) is 2.44. The van der Waals surface area contributed by atoms with Crippen molar-refractivity contribution in [3.63, 3.8) is 0 Å². The van der Waals surface area contributed by atoms with E-state index in [1.807, 2.05) is 32.3 Å². The molecule has 0 spiro atoms. The average molecular weight is 206 g/mol. The van der Waals surface area contributed by atoms with E-state index in [1.54, 1.807) is 4.68 Å². The molecule has 5 heteroatoms. The Kier molecular flexibility index (Phi) is 2.82. The van der Waals surface area contributed by atoms with Crippen LogP contribution in [0.1, 0.15) is 17.2 Å². The topological polar surface area (TPSA) is 55.9 Å². The Balaban J connectivity index is 2.04. The van der Waals surface area contributed by atoms with E-state index in [-0.39, 0.29) is 0 Å².